The van der Waals surface area contributed by atoms with Gasteiger partial charge in [-0.2, -0.15) is 0 Å². The van der Waals surface area contributed by atoms with E-state index in [1.54, 1.807) is 0 Å². The minimum Gasteiger partial charge on any atom is -0.489 e. The molecule has 2 aromatic carbocycles. The Morgan fingerprint density at radius 3 is 2.48 bits per heavy atom. The summed E-state index contributed by atoms with van der Waals surface area (Å²) < 4.78 is 22.6. The molecule has 0 radical (unpaired) electrons. The van der Waals surface area contributed by atoms with E-state index in [9.17, 15) is 4.79 Å². The van der Waals surface area contributed by atoms with Crippen molar-refractivity contribution in [3.05, 3.63) is 53.6 Å². The van der Waals surface area contributed by atoms with Gasteiger partial charge >= 0.3 is 0 Å². The molecule has 0 N–H and O–H groups in total. The van der Waals surface area contributed by atoms with Crippen molar-refractivity contribution < 1.29 is 23.7 Å². The highest BCUT2D eigenvalue weighted by Gasteiger charge is 2.29. The fourth-order valence-corrected chi connectivity index (χ4v) is 4.98. The lowest BCUT2D eigenvalue weighted by Crippen LogP contribution is -2.41. The first-order chi connectivity index (χ1) is 16.2. The van der Waals surface area contributed by atoms with E-state index in [0.717, 1.165) is 60.7 Å². The molecule has 2 aromatic rings. The molecule has 5 rings (SSSR count). The minimum absolute atomic E-state index is 0.168. The SMILES string of the molecule is O=C(C1CCCCC1)N(Cc1ccc(OCc2ccc3c(c2)OCO3)cc1)C[C@@H]1CCCO1. The van der Waals surface area contributed by atoms with Gasteiger partial charge in [-0.15, -0.1) is 0 Å². The van der Waals surface area contributed by atoms with Crippen LogP contribution in [-0.4, -0.2) is 36.9 Å². The maximum Gasteiger partial charge on any atom is 0.231 e. The van der Waals surface area contributed by atoms with Crippen molar-refractivity contribution in [2.45, 2.75) is 64.2 Å². The molecule has 3 aliphatic rings. The van der Waals surface area contributed by atoms with Crippen LogP contribution < -0.4 is 14.2 Å². The number of nitrogens with zero attached hydrogens (tertiary/aromatic N) is 1. The number of carbonyl (C=O) groups is 1. The Kier molecular flexibility index (Phi) is 7.01. The standard InChI is InChI=1S/C27H33NO5/c29-27(22-5-2-1-3-6-22)28(17-24-7-4-14-30-24)16-20-8-11-23(12-9-20)31-18-21-10-13-25-26(15-21)33-19-32-25/h8-13,15,22,24H,1-7,14,16-19H2/t24-/m0/s1. The highest BCUT2D eigenvalue weighted by molar-refractivity contribution is 5.79. The predicted molar refractivity (Wildman–Crippen MR) is 124 cm³/mol. The summed E-state index contributed by atoms with van der Waals surface area (Å²) >= 11 is 0. The van der Waals surface area contributed by atoms with Gasteiger partial charge in [0.2, 0.25) is 12.7 Å². The van der Waals surface area contributed by atoms with Crippen molar-refractivity contribution in [3.8, 4) is 17.2 Å². The Morgan fingerprint density at radius 1 is 0.909 bits per heavy atom. The van der Waals surface area contributed by atoms with Gasteiger partial charge in [0.15, 0.2) is 11.5 Å². The van der Waals surface area contributed by atoms with E-state index >= 15 is 0 Å². The van der Waals surface area contributed by atoms with Crippen molar-refractivity contribution >= 4 is 5.91 Å². The largest absolute Gasteiger partial charge is 0.489 e. The number of hydrogen-bond donors (Lipinski definition) is 0. The zero-order valence-corrected chi connectivity index (χ0v) is 19.2. The molecule has 2 fully saturated rings. The van der Waals surface area contributed by atoms with Gasteiger partial charge in [0.05, 0.1) is 6.10 Å². The van der Waals surface area contributed by atoms with Crippen LogP contribution >= 0.6 is 0 Å². The van der Waals surface area contributed by atoms with Crippen LogP contribution in [0.2, 0.25) is 0 Å². The molecule has 1 atom stereocenters. The molecule has 0 aromatic heterocycles. The fraction of sp³-hybridized carbons (Fsp3) is 0.519. The predicted octanol–water partition coefficient (Wildman–Crippen LogP) is 5.08. The smallest absolute Gasteiger partial charge is 0.231 e. The monoisotopic (exact) mass is 451 g/mol. The summed E-state index contributed by atoms with van der Waals surface area (Å²) in [5.74, 6) is 2.82. The van der Waals surface area contributed by atoms with Crippen molar-refractivity contribution in [3.63, 3.8) is 0 Å². The van der Waals surface area contributed by atoms with Gasteiger partial charge in [-0.05, 0) is 61.1 Å². The zero-order chi connectivity index (χ0) is 22.5. The Morgan fingerprint density at radius 2 is 1.70 bits per heavy atom. The van der Waals surface area contributed by atoms with Crippen LogP contribution in [0.5, 0.6) is 17.2 Å². The molecule has 1 aliphatic carbocycles. The molecule has 2 heterocycles. The first kappa shape index (κ1) is 22.1. The molecule has 1 amide bonds. The second kappa shape index (κ2) is 10.5. The van der Waals surface area contributed by atoms with E-state index in [1.807, 2.05) is 35.2 Å². The van der Waals surface area contributed by atoms with Crippen molar-refractivity contribution in [1.29, 1.82) is 0 Å². The number of benzene rings is 2. The molecule has 33 heavy (non-hydrogen) atoms. The van der Waals surface area contributed by atoms with Crippen LogP contribution in [0.3, 0.4) is 0 Å². The van der Waals surface area contributed by atoms with Gasteiger partial charge < -0.3 is 23.8 Å². The summed E-state index contributed by atoms with van der Waals surface area (Å²) in [6.45, 7) is 2.86. The van der Waals surface area contributed by atoms with Gasteiger partial charge in [-0.3, -0.25) is 4.79 Å². The molecule has 6 heteroatoms. The van der Waals surface area contributed by atoms with Crippen LogP contribution in [0.25, 0.3) is 0 Å². The van der Waals surface area contributed by atoms with Gasteiger partial charge in [0.25, 0.3) is 0 Å². The second-order valence-electron chi connectivity index (χ2n) is 9.31. The topological polar surface area (TPSA) is 57.2 Å². The number of fused-ring (bicyclic) bond motifs is 1. The van der Waals surface area contributed by atoms with Gasteiger partial charge in [0, 0.05) is 25.6 Å². The van der Waals surface area contributed by atoms with Crippen molar-refractivity contribution in [2.24, 2.45) is 5.92 Å². The Labute approximate surface area is 195 Å². The highest BCUT2D eigenvalue weighted by atomic mass is 16.7. The molecular formula is C27H33NO5. The van der Waals surface area contributed by atoms with E-state index in [-0.39, 0.29) is 18.8 Å². The van der Waals surface area contributed by atoms with E-state index < -0.39 is 0 Å². The molecule has 0 bridgehead atoms. The quantitative estimate of drug-likeness (QED) is 0.560. The fourth-order valence-electron chi connectivity index (χ4n) is 4.98. The molecule has 0 spiro atoms. The summed E-state index contributed by atoms with van der Waals surface area (Å²) in [4.78, 5) is 15.4. The maximum absolute atomic E-state index is 13.3. The number of rotatable bonds is 8. The number of hydrogen-bond acceptors (Lipinski definition) is 5. The first-order valence-corrected chi connectivity index (χ1v) is 12.3. The summed E-state index contributed by atoms with van der Waals surface area (Å²) in [6.07, 6.45) is 7.93. The zero-order valence-electron chi connectivity index (χ0n) is 19.2. The van der Waals surface area contributed by atoms with E-state index in [4.69, 9.17) is 18.9 Å². The van der Waals surface area contributed by atoms with Crippen LogP contribution in [-0.2, 0) is 22.7 Å². The second-order valence-corrected chi connectivity index (χ2v) is 9.31. The molecular weight excluding hydrogens is 418 g/mol. The van der Waals surface area contributed by atoms with Crippen molar-refractivity contribution in [2.75, 3.05) is 19.9 Å². The number of ether oxygens (including phenoxy) is 4. The normalized spacial score (nSPS) is 20.1. The van der Waals surface area contributed by atoms with Crippen LogP contribution in [0, 0.1) is 5.92 Å². The average Bonchev–Trinajstić information content (AvgIpc) is 3.55. The van der Waals surface area contributed by atoms with E-state index in [1.165, 1.54) is 19.3 Å². The summed E-state index contributed by atoms with van der Waals surface area (Å²) in [5.41, 5.74) is 2.15. The Balaban J connectivity index is 1.20. The minimum atomic E-state index is 0.168. The van der Waals surface area contributed by atoms with Crippen LogP contribution in [0.4, 0.5) is 0 Å². The third-order valence-corrected chi connectivity index (χ3v) is 6.85. The van der Waals surface area contributed by atoms with E-state index in [2.05, 4.69) is 12.1 Å². The Bertz CT molecular complexity index is 932. The molecule has 1 saturated heterocycles. The molecule has 6 nitrogen and oxygen atoms in total. The lowest BCUT2D eigenvalue weighted by molar-refractivity contribution is -0.138. The van der Waals surface area contributed by atoms with Gasteiger partial charge in [-0.25, -0.2) is 0 Å². The highest BCUT2D eigenvalue weighted by Crippen LogP contribution is 2.33. The average molecular weight is 452 g/mol. The number of amides is 1. The summed E-state index contributed by atoms with van der Waals surface area (Å²) in [5, 5.41) is 0. The van der Waals surface area contributed by atoms with Gasteiger partial charge in [-0.1, -0.05) is 37.5 Å². The molecule has 0 unspecified atom stereocenters. The van der Waals surface area contributed by atoms with Crippen LogP contribution in [0.1, 0.15) is 56.1 Å². The van der Waals surface area contributed by atoms with Gasteiger partial charge in [0.1, 0.15) is 12.4 Å². The van der Waals surface area contributed by atoms with Crippen molar-refractivity contribution in [1.82, 2.24) is 4.90 Å². The maximum atomic E-state index is 13.3. The number of carbonyl (C=O) groups excluding carboxylic acids is 1. The first-order valence-electron chi connectivity index (χ1n) is 12.3. The molecule has 176 valence electrons. The van der Waals surface area contributed by atoms with E-state index in [0.29, 0.717) is 25.6 Å². The molecule has 2 aliphatic heterocycles. The lowest BCUT2D eigenvalue weighted by atomic mass is 9.88. The lowest BCUT2D eigenvalue weighted by Gasteiger charge is -2.31. The summed E-state index contributed by atoms with van der Waals surface area (Å²) in [6, 6.07) is 13.9. The third-order valence-electron chi connectivity index (χ3n) is 6.85. The van der Waals surface area contributed by atoms with Crippen LogP contribution in [0.15, 0.2) is 42.5 Å². The molecule has 1 saturated carbocycles. The summed E-state index contributed by atoms with van der Waals surface area (Å²) in [7, 11) is 0. The third kappa shape index (κ3) is 5.61. The Hall–Kier alpha value is -2.73.